The normalized spacial score (nSPS) is 29.0. The average Bonchev–Trinajstić information content (AvgIpc) is 2.70. The Morgan fingerprint density at radius 3 is 2.65 bits per heavy atom. The molecule has 0 saturated carbocycles. The van der Waals surface area contributed by atoms with E-state index in [2.05, 4.69) is 16.8 Å². The smallest absolute Gasteiger partial charge is 0.330 e. The lowest BCUT2D eigenvalue weighted by Gasteiger charge is -2.16. The summed E-state index contributed by atoms with van der Waals surface area (Å²) < 4.78 is 5.80. The van der Waals surface area contributed by atoms with Gasteiger partial charge in [-0.2, -0.15) is 0 Å². The van der Waals surface area contributed by atoms with Crippen molar-refractivity contribution < 1.29 is 20.1 Å². The number of ether oxygens (including phenoxy) is 1. The molecule has 1 unspecified atom stereocenters. The molecule has 1 aromatic rings. The van der Waals surface area contributed by atoms with Crippen molar-refractivity contribution in [3.05, 3.63) is 32.6 Å². The van der Waals surface area contributed by atoms with Crippen molar-refractivity contribution in [1.29, 1.82) is 0 Å². The van der Waals surface area contributed by atoms with E-state index in [1.54, 1.807) is 0 Å². The summed E-state index contributed by atoms with van der Waals surface area (Å²) in [6, 6.07) is 0. The fourth-order valence-corrected chi connectivity index (χ4v) is 2.04. The zero-order valence-electron chi connectivity index (χ0n) is 10.6. The second-order valence-electron chi connectivity index (χ2n) is 4.29. The number of aromatic nitrogens is 2. The van der Waals surface area contributed by atoms with Crippen molar-refractivity contribution >= 4 is 0 Å². The van der Waals surface area contributed by atoms with Crippen LogP contribution < -0.4 is 11.2 Å². The van der Waals surface area contributed by atoms with Gasteiger partial charge in [0.15, 0.2) is 6.23 Å². The Bertz CT molecular complexity index is 667. The highest BCUT2D eigenvalue weighted by atomic mass is 16.6. The van der Waals surface area contributed by atoms with Crippen LogP contribution in [0.1, 0.15) is 18.7 Å². The van der Waals surface area contributed by atoms with E-state index in [1.165, 1.54) is 13.1 Å². The molecule has 2 rings (SSSR count). The molecule has 0 radical (unpaired) electrons. The molecule has 4 N–H and O–H groups in total. The lowest BCUT2D eigenvalue weighted by Crippen LogP contribution is -2.43. The molecular formula is C12H14N2O6. The van der Waals surface area contributed by atoms with Gasteiger partial charge in [0.25, 0.3) is 5.56 Å². The molecule has 4 atom stereocenters. The number of nitrogens with one attached hydrogen (secondary N) is 1. The topological polar surface area (TPSA) is 125 Å². The van der Waals surface area contributed by atoms with Gasteiger partial charge in [-0.1, -0.05) is 5.92 Å². The molecule has 0 amide bonds. The van der Waals surface area contributed by atoms with E-state index in [9.17, 15) is 19.8 Å². The van der Waals surface area contributed by atoms with E-state index in [-0.39, 0.29) is 5.56 Å². The zero-order chi connectivity index (χ0) is 14.9. The number of aliphatic hydroxyl groups excluding tert-OH is 3. The molecule has 1 saturated heterocycles. The van der Waals surface area contributed by atoms with Gasteiger partial charge in [-0.05, 0) is 6.92 Å². The number of rotatable bonds is 2. The van der Waals surface area contributed by atoms with Gasteiger partial charge in [-0.3, -0.25) is 4.79 Å². The Hall–Kier alpha value is -1.92. The highest BCUT2D eigenvalue weighted by molar-refractivity contribution is 5.28. The Kier molecular flexibility index (Phi) is 4.06. The summed E-state index contributed by atoms with van der Waals surface area (Å²) in [5.74, 6) is 5.04. The van der Waals surface area contributed by atoms with Gasteiger partial charge < -0.3 is 25.0 Å². The van der Waals surface area contributed by atoms with Crippen LogP contribution in [0.2, 0.25) is 0 Å². The lowest BCUT2D eigenvalue weighted by atomic mass is 10.1. The third-order valence-electron chi connectivity index (χ3n) is 3.04. The zero-order valence-corrected chi connectivity index (χ0v) is 10.6. The fourth-order valence-electron chi connectivity index (χ4n) is 2.04. The fraction of sp³-hybridized carbons (Fsp3) is 0.500. The van der Waals surface area contributed by atoms with Crippen LogP contribution in [-0.4, -0.2) is 49.8 Å². The van der Waals surface area contributed by atoms with E-state index < -0.39 is 42.4 Å². The van der Waals surface area contributed by atoms with E-state index in [1.807, 2.05) is 0 Å². The second-order valence-corrected chi connectivity index (χ2v) is 4.29. The summed E-state index contributed by atoms with van der Waals surface area (Å²) in [6.45, 7) is 0.983. The van der Waals surface area contributed by atoms with Gasteiger partial charge in [-0.25, -0.2) is 9.36 Å². The molecule has 0 spiro atoms. The van der Waals surface area contributed by atoms with Crippen LogP contribution in [0.4, 0.5) is 0 Å². The summed E-state index contributed by atoms with van der Waals surface area (Å²) >= 11 is 0. The van der Waals surface area contributed by atoms with Gasteiger partial charge in [-0.15, -0.1) is 5.92 Å². The molecule has 2 heterocycles. The van der Waals surface area contributed by atoms with Crippen molar-refractivity contribution in [2.45, 2.75) is 31.5 Å². The predicted molar refractivity (Wildman–Crippen MR) is 66.9 cm³/mol. The first-order valence-corrected chi connectivity index (χ1v) is 5.90. The standard InChI is InChI=1S/C12H14N2O6/c1-2-3-6-4-13-12(19)14(10(6)18)11-9(17)8(16)7(5-15)20-11/h4,7-9,11,15-17H,5H2,1H3,(H,13,19)/t7-,8-,9+,11?/m0/s1. The quantitative estimate of drug-likeness (QED) is 0.445. The third-order valence-corrected chi connectivity index (χ3v) is 3.04. The van der Waals surface area contributed by atoms with Crippen molar-refractivity contribution in [1.82, 2.24) is 9.55 Å². The summed E-state index contributed by atoms with van der Waals surface area (Å²) in [5, 5.41) is 28.5. The molecule has 0 bridgehead atoms. The minimum atomic E-state index is -1.50. The highest BCUT2D eigenvalue weighted by Crippen LogP contribution is 2.27. The largest absolute Gasteiger partial charge is 0.394 e. The van der Waals surface area contributed by atoms with Crippen LogP contribution in [-0.2, 0) is 4.74 Å². The number of aliphatic hydroxyl groups is 3. The van der Waals surface area contributed by atoms with Crippen molar-refractivity contribution in [2.75, 3.05) is 6.61 Å². The number of hydrogen-bond acceptors (Lipinski definition) is 6. The molecule has 1 aliphatic heterocycles. The van der Waals surface area contributed by atoms with Gasteiger partial charge >= 0.3 is 5.69 Å². The molecule has 20 heavy (non-hydrogen) atoms. The molecule has 108 valence electrons. The third kappa shape index (κ3) is 2.28. The van der Waals surface area contributed by atoms with Gasteiger partial charge in [0.1, 0.15) is 23.9 Å². The van der Waals surface area contributed by atoms with Gasteiger partial charge in [0.2, 0.25) is 0 Å². The molecule has 1 aliphatic rings. The molecule has 8 nitrogen and oxygen atoms in total. The van der Waals surface area contributed by atoms with E-state index >= 15 is 0 Å². The second kappa shape index (κ2) is 5.60. The Labute approximate surface area is 113 Å². The first-order valence-electron chi connectivity index (χ1n) is 5.90. The Morgan fingerprint density at radius 2 is 2.10 bits per heavy atom. The van der Waals surface area contributed by atoms with Crippen LogP contribution in [0.25, 0.3) is 0 Å². The molecule has 8 heteroatoms. The number of aromatic amines is 1. The lowest BCUT2D eigenvalue weighted by molar-refractivity contribution is -0.0565. The molecular weight excluding hydrogens is 268 g/mol. The monoisotopic (exact) mass is 282 g/mol. The first-order chi connectivity index (χ1) is 9.51. The van der Waals surface area contributed by atoms with Crippen molar-refractivity contribution in [2.24, 2.45) is 0 Å². The molecule has 0 aliphatic carbocycles. The number of nitrogens with zero attached hydrogens (tertiary/aromatic N) is 1. The number of H-pyrrole nitrogens is 1. The minimum absolute atomic E-state index is 0.0323. The Morgan fingerprint density at radius 1 is 1.40 bits per heavy atom. The molecule has 1 aromatic heterocycles. The highest BCUT2D eigenvalue weighted by Gasteiger charge is 2.44. The SMILES string of the molecule is CC#Cc1c[nH]c(=O)n(C2O[C@@H](CO)[C@H](O)[C@H]2O)c1=O. The molecule has 1 fully saturated rings. The van der Waals surface area contributed by atoms with E-state index in [0.717, 1.165) is 0 Å². The van der Waals surface area contributed by atoms with Crippen LogP contribution in [0.15, 0.2) is 15.8 Å². The van der Waals surface area contributed by atoms with Crippen LogP contribution in [0, 0.1) is 11.8 Å². The average molecular weight is 282 g/mol. The summed E-state index contributed by atoms with van der Waals surface area (Å²) in [7, 11) is 0. The maximum atomic E-state index is 12.1. The van der Waals surface area contributed by atoms with Crippen LogP contribution >= 0.6 is 0 Å². The molecule has 0 aromatic carbocycles. The van der Waals surface area contributed by atoms with Crippen molar-refractivity contribution in [3.8, 4) is 11.8 Å². The minimum Gasteiger partial charge on any atom is -0.394 e. The van der Waals surface area contributed by atoms with Crippen molar-refractivity contribution in [3.63, 3.8) is 0 Å². The van der Waals surface area contributed by atoms with E-state index in [0.29, 0.717) is 4.57 Å². The van der Waals surface area contributed by atoms with E-state index in [4.69, 9.17) is 9.84 Å². The van der Waals surface area contributed by atoms with Crippen LogP contribution in [0.5, 0.6) is 0 Å². The summed E-state index contributed by atoms with van der Waals surface area (Å²) in [5.41, 5.74) is -1.51. The van der Waals surface area contributed by atoms with Crippen LogP contribution in [0.3, 0.4) is 0 Å². The first kappa shape index (κ1) is 14.5. The maximum Gasteiger partial charge on any atom is 0.330 e. The summed E-state index contributed by atoms with van der Waals surface area (Å²) in [6.07, 6.45) is -4.17. The Balaban J connectivity index is 2.53. The predicted octanol–water partition coefficient (Wildman–Crippen LogP) is -2.48. The van der Waals surface area contributed by atoms with Gasteiger partial charge in [0.05, 0.1) is 6.61 Å². The maximum absolute atomic E-state index is 12.1. The number of hydrogen-bond donors (Lipinski definition) is 4. The summed E-state index contributed by atoms with van der Waals surface area (Å²) in [4.78, 5) is 26.2. The van der Waals surface area contributed by atoms with Gasteiger partial charge in [0, 0.05) is 6.20 Å².